The van der Waals surface area contributed by atoms with Gasteiger partial charge in [0, 0.05) is 28.9 Å². The fourth-order valence-electron chi connectivity index (χ4n) is 3.77. The number of hydrogen-bond donors (Lipinski definition) is 1. The Morgan fingerprint density at radius 2 is 1.63 bits per heavy atom. The predicted molar refractivity (Wildman–Crippen MR) is 147 cm³/mol. The molecule has 1 N–H and O–H groups in total. The molecule has 0 aliphatic heterocycles. The zero-order valence-corrected chi connectivity index (χ0v) is 21.1. The van der Waals surface area contributed by atoms with Crippen LogP contribution in [0.25, 0.3) is 16.9 Å². The van der Waals surface area contributed by atoms with E-state index in [0.29, 0.717) is 10.7 Å². The number of carbonyl (C=O) groups excluding carboxylic acids is 1. The molecule has 0 aliphatic rings. The number of amides is 1. The number of nitrogens with zero attached hydrogens (tertiary/aromatic N) is 3. The molecule has 0 atom stereocenters. The lowest BCUT2D eigenvalue weighted by Gasteiger charge is -2.11. The van der Waals surface area contributed by atoms with Gasteiger partial charge in [-0.1, -0.05) is 71.7 Å². The van der Waals surface area contributed by atoms with Crippen molar-refractivity contribution in [3.63, 3.8) is 0 Å². The van der Waals surface area contributed by atoms with E-state index in [2.05, 4.69) is 10.4 Å². The van der Waals surface area contributed by atoms with Gasteiger partial charge in [0.1, 0.15) is 17.2 Å². The molecule has 0 fully saturated rings. The molecule has 1 amide bonds. The first-order chi connectivity index (χ1) is 18.4. The number of aromatic nitrogens is 2. The van der Waals surface area contributed by atoms with Crippen LogP contribution < -0.4 is 10.1 Å². The Morgan fingerprint density at radius 1 is 0.921 bits per heavy atom. The van der Waals surface area contributed by atoms with Gasteiger partial charge in [0.15, 0.2) is 0 Å². The van der Waals surface area contributed by atoms with Crippen LogP contribution in [0.1, 0.15) is 10.4 Å². The maximum absolute atomic E-state index is 13.5. The summed E-state index contributed by atoms with van der Waals surface area (Å²) in [6.07, 6.45) is 1.62. The van der Waals surface area contributed by atoms with Crippen LogP contribution in [0.15, 0.2) is 103 Å². The quantitative estimate of drug-likeness (QED) is 0.166. The van der Waals surface area contributed by atoms with Gasteiger partial charge in [0.05, 0.1) is 33.0 Å². The van der Waals surface area contributed by atoms with Crippen molar-refractivity contribution >= 4 is 40.5 Å². The minimum atomic E-state index is -0.575. The number of para-hydroxylation sites is 1. The summed E-state index contributed by atoms with van der Waals surface area (Å²) in [7, 11) is 0. The first-order valence-electron chi connectivity index (χ1n) is 11.3. The summed E-state index contributed by atoms with van der Waals surface area (Å²) in [5.74, 6) is -0.131. The Balaban J connectivity index is 1.51. The van der Waals surface area contributed by atoms with Crippen LogP contribution >= 0.6 is 23.2 Å². The van der Waals surface area contributed by atoms with E-state index in [1.165, 1.54) is 24.3 Å². The molecule has 5 rings (SSSR count). The molecule has 0 radical (unpaired) electrons. The first-order valence-corrected chi connectivity index (χ1v) is 12.1. The Kier molecular flexibility index (Phi) is 7.08. The minimum absolute atomic E-state index is 0.113. The first kappa shape index (κ1) is 25.0. The third-order valence-corrected chi connectivity index (χ3v) is 6.04. The molecule has 5 aromatic rings. The summed E-state index contributed by atoms with van der Waals surface area (Å²) in [4.78, 5) is 24.5. The second-order valence-electron chi connectivity index (χ2n) is 8.14. The lowest BCUT2D eigenvalue weighted by Crippen LogP contribution is -2.12. The number of carbonyl (C=O) groups is 1. The van der Waals surface area contributed by atoms with Gasteiger partial charge in [-0.2, -0.15) is 5.10 Å². The highest BCUT2D eigenvalue weighted by molar-refractivity contribution is 6.35. The molecular formula is C28H18Cl2N4O4. The van der Waals surface area contributed by atoms with Gasteiger partial charge < -0.3 is 10.1 Å². The zero-order valence-electron chi connectivity index (χ0n) is 19.5. The van der Waals surface area contributed by atoms with Gasteiger partial charge in [-0.15, -0.1) is 0 Å². The third kappa shape index (κ3) is 5.51. The van der Waals surface area contributed by atoms with E-state index in [1.54, 1.807) is 23.0 Å². The van der Waals surface area contributed by atoms with E-state index in [0.717, 1.165) is 11.3 Å². The monoisotopic (exact) mass is 544 g/mol. The van der Waals surface area contributed by atoms with Crippen LogP contribution in [0.5, 0.6) is 11.5 Å². The normalized spacial score (nSPS) is 10.7. The number of halogens is 2. The highest BCUT2D eigenvalue weighted by atomic mass is 35.5. The van der Waals surface area contributed by atoms with Crippen molar-refractivity contribution in [3.05, 3.63) is 129 Å². The number of rotatable bonds is 7. The SMILES string of the molecule is O=C(Nc1cc(Oc2ccc(Cl)cc2Cl)cc([N+](=O)[O-])c1)c1cn(-c2ccccc2)nc1-c1ccccc1. The van der Waals surface area contributed by atoms with Crippen molar-refractivity contribution in [3.8, 4) is 28.4 Å². The van der Waals surface area contributed by atoms with Crippen molar-refractivity contribution in [2.75, 3.05) is 5.32 Å². The number of non-ortho nitro benzene ring substituents is 1. The number of ether oxygens (including phenoxy) is 1. The van der Waals surface area contributed by atoms with Gasteiger partial charge in [0.25, 0.3) is 11.6 Å². The summed E-state index contributed by atoms with van der Waals surface area (Å²) in [5, 5.41) is 19.6. The number of nitro groups is 1. The van der Waals surface area contributed by atoms with Gasteiger partial charge in [0.2, 0.25) is 0 Å². The van der Waals surface area contributed by atoms with Crippen LogP contribution in [0, 0.1) is 10.1 Å². The standard InChI is InChI=1S/C28H18Cl2N4O4/c29-19-11-12-26(25(30)13-19)38-23-15-20(14-22(16-23)34(36)37)31-28(35)24-17-33(21-9-5-2-6-10-21)32-27(24)18-7-3-1-4-8-18/h1-17H,(H,31,35). The fourth-order valence-corrected chi connectivity index (χ4v) is 4.21. The molecule has 4 aromatic carbocycles. The second kappa shape index (κ2) is 10.8. The summed E-state index contributed by atoms with van der Waals surface area (Å²) >= 11 is 12.1. The fraction of sp³-hybridized carbons (Fsp3) is 0. The molecule has 0 spiro atoms. The Labute approximate surface area is 227 Å². The largest absolute Gasteiger partial charge is 0.455 e. The van der Waals surface area contributed by atoms with E-state index < -0.39 is 10.8 Å². The van der Waals surface area contributed by atoms with Gasteiger partial charge in [-0.05, 0) is 30.3 Å². The molecule has 38 heavy (non-hydrogen) atoms. The molecule has 8 nitrogen and oxygen atoms in total. The summed E-state index contributed by atoms with van der Waals surface area (Å²) < 4.78 is 7.39. The molecule has 0 saturated heterocycles. The van der Waals surface area contributed by atoms with Gasteiger partial charge in [-0.3, -0.25) is 14.9 Å². The van der Waals surface area contributed by atoms with Gasteiger partial charge >= 0.3 is 0 Å². The average molecular weight is 545 g/mol. The predicted octanol–water partition coefficient (Wildman–Crippen LogP) is 7.80. The molecule has 0 aliphatic carbocycles. The summed E-state index contributed by atoms with van der Waals surface area (Å²) in [5.41, 5.74) is 2.15. The van der Waals surface area contributed by atoms with Crippen LogP contribution in [-0.2, 0) is 0 Å². The maximum atomic E-state index is 13.5. The van der Waals surface area contributed by atoms with E-state index in [9.17, 15) is 14.9 Å². The highest BCUT2D eigenvalue weighted by Gasteiger charge is 2.21. The molecule has 1 aromatic heterocycles. The molecule has 188 valence electrons. The topological polar surface area (TPSA) is 99.3 Å². The number of nitro benzene ring substituents is 1. The second-order valence-corrected chi connectivity index (χ2v) is 8.98. The van der Waals surface area contributed by atoms with E-state index >= 15 is 0 Å². The average Bonchev–Trinajstić information content (AvgIpc) is 3.37. The van der Waals surface area contributed by atoms with E-state index in [4.69, 9.17) is 27.9 Å². The van der Waals surface area contributed by atoms with E-state index in [-0.39, 0.29) is 33.5 Å². The van der Waals surface area contributed by atoms with Crippen molar-refractivity contribution in [1.82, 2.24) is 9.78 Å². The molecule has 0 bridgehead atoms. The molecular weight excluding hydrogens is 527 g/mol. The summed E-state index contributed by atoms with van der Waals surface area (Å²) in [6.45, 7) is 0. The Hall–Kier alpha value is -4.66. The smallest absolute Gasteiger partial charge is 0.275 e. The number of benzene rings is 4. The third-order valence-electron chi connectivity index (χ3n) is 5.51. The number of hydrogen-bond acceptors (Lipinski definition) is 5. The van der Waals surface area contributed by atoms with E-state index in [1.807, 2.05) is 60.7 Å². The Morgan fingerprint density at radius 3 is 2.32 bits per heavy atom. The van der Waals surface area contributed by atoms with Crippen molar-refractivity contribution in [2.24, 2.45) is 0 Å². The summed E-state index contributed by atoms with van der Waals surface area (Å²) in [6, 6.07) is 27.2. The van der Waals surface area contributed by atoms with Crippen LogP contribution in [0.4, 0.5) is 11.4 Å². The highest BCUT2D eigenvalue weighted by Crippen LogP contribution is 2.35. The maximum Gasteiger partial charge on any atom is 0.275 e. The van der Waals surface area contributed by atoms with Crippen molar-refractivity contribution < 1.29 is 14.5 Å². The van der Waals surface area contributed by atoms with Crippen LogP contribution in [0.3, 0.4) is 0 Å². The number of anilines is 1. The van der Waals surface area contributed by atoms with Crippen LogP contribution in [0.2, 0.25) is 10.0 Å². The molecule has 10 heteroatoms. The zero-order chi connectivity index (χ0) is 26.6. The van der Waals surface area contributed by atoms with Crippen molar-refractivity contribution in [2.45, 2.75) is 0 Å². The van der Waals surface area contributed by atoms with Gasteiger partial charge in [-0.25, -0.2) is 4.68 Å². The minimum Gasteiger partial charge on any atom is -0.455 e. The number of nitrogens with one attached hydrogen (secondary N) is 1. The molecule has 0 saturated carbocycles. The van der Waals surface area contributed by atoms with Crippen LogP contribution in [-0.4, -0.2) is 20.6 Å². The lowest BCUT2D eigenvalue weighted by atomic mass is 10.1. The lowest BCUT2D eigenvalue weighted by molar-refractivity contribution is -0.384. The van der Waals surface area contributed by atoms with Crippen molar-refractivity contribution in [1.29, 1.82) is 0 Å². The molecule has 1 heterocycles. The Bertz CT molecular complexity index is 1640. The molecule has 0 unspecified atom stereocenters.